The number of rotatable bonds is 10. The summed E-state index contributed by atoms with van der Waals surface area (Å²) >= 11 is 0. The molecule has 0 radical (unpaired) electrons. The molecule has 1 aromatic rings. The van der Waals surface area contributed by atoms with Gasteiger partial charge in [-0.05, 0) is 42.9 Å². The smallest absolute Gasteiger partial charge is 0.0720 e. The SMILES string of the molecule is CCCNCc1ccccc1COCCCC(C)C. The summed E-state index contributed by atoms with van der Waals surface area (Å²) in [6.07, 6.45) is 3.58. The fraction of sp³-hybridized carbons (Fsp3) is 0.647. The lowest BCUT2D eigenvalue weighted by Gasteiger charge is -2.11. The molecule has 1 rings (SSSR count). The maximum atomic E-state index is 5.79. The van der Waals surface area contributed by atoms with Gasteiger partial charge < -0.3 is 10.1 Å². The monoisotopic (exact) mass is 263 g/mol. The van der Waals surface area contributed by atoms with E-state index in [9.17, 15) is 0 Å². The van der Waals surface area contributed by atoms with Crippen molar-refractivity contribution in [1.29, 1.82) is 0 Å². The quantitative estimate of drug-likeness (QED) is 0.641. The van der Waals surface area contributed by atoms with Crippen molar-refractivity contribution in [2.75, 3.05) is 13.2 Å². The van der Waals surface area contributed by atoms with Gasteiger partial charge in [-0.25, -0.2) is 0 Å². The third kappa shape index (κ3) is 7.34. The maximum absolute atomic E-state index is 5.79. The predicted molar refractivity (Wildman–Crippen MR) is 82.2 cm³/mol. The average Bonchev–Trinajstić information content (AvgIpc) is 2.40. The topological polar surface area (TPSA) is 21.3 Å². The van der Waals surface area contributed by atoms with Crippen LogP contribution in [-0.4, -0.2) is 13.2 Å². The third-order valence-corrected chi connectivity index (χ3v) is 3.19. The number of benzene rings is 1. The lowest BCUT2D eigenvalue weighted by atomic mass is 10.1. The molecule has 0 aliphatic carbocycles. The van der Waals surface area contributed by atoms with E-state index in [4.69, 9.17) is 4.74 Å². The Labute approximate surface area is 118 Å². The molecule has 0 spiro atoms. The average molecular weight is 263 g/mol. The highest BCUT2D eigenvalue weighted by Gasteiger charge is 2.01. The second-order valence-corrected chi connectivity index (χ2v) is 5.53. The van der Waals surface area contributed by atoms with E-state index in [-0.39, 0.29) is 0 Å². The largest absolute Gasteiger partial charge is 0.377 e. The fourth-order valence-electron chi connectivity index (χ4n) is 2.05. The van der Waals surface area contributed by atoms with E-state index in [0.717, 1.165) is 38.6 Å². The van der Waals surface area contributed by atoms with Gasteiger partial charge in [0.05, 0.1) is 6.61 Å². The zero-order valence-corrected chi connectivity index (χ0v) is 12.7. The molecule has 0 saturated heterocycles. The Morgan fingerprint density at radius 1 is 1.16 bits per heavy atom. The van der Waals surface area contributed by atoms with Crippen LogP contribution in [0.15, 0.2) is 24.3 Å². The van der Waals surface area contributed by atoms with Crippen LogP contribution >= 0.6 is 0 Å². The molecule has 0 amide bonds. The zero-order chi connectivity index (χ0) is 13.9. The van der Waals surface area contributed by atoms with Crippen molar-refractivity contribution >= 4 is 0 Å². The summed E-state index contributed by atoms with van der Waals surface area (Å²) in [6, 6.07) is 8.56. The van der Waals surface area contributed by atoms with Crippen LogP contribution in [0.25, 0.3) is 0 Å². The van der Waals surface area contributed by atoms with Gasteiger partial charge in [0.25, 0.3) is 0 Å². The standard InChI is InChI=1S/C17H29NO/c1-4-11-18-13-16-9-5-6-10-17(16)14-19-12-7-8-15(2)3/h5-6,9-10,15,18H,4,7-8,11-14H2,1-3H3. The van der Waals surface area contributed by atoms with Crippen LogP contribution in [-0.2, 0) is 17.9 Å². The first-order chi connectivity index (χ1) is 9.24. The Morgan fingerprint density at radius 2 is 1.89 bits per heavy atom. The molecule has 0 fully saturated rings. The molecule has 0 saturated carbocycles. The van der Waals surface area contributed by atoms with E-state index in [0.29, 0.717) is 0 Å². The highest BCUT2D eigenvalue weighted by Crippen LogP contribution is 2.11. The van der Waals surface area contributed by atoms with Crippen LogP contribution < -0.4 is 5.32 Å². The van der Waals surface area contributed by atoms with Crippen LogP contribution in [0.4, 0.5) is 0 Å². The molecule has 0 unspecified atom stereocenters. The molecule has 108 valence electrons. The molecule has 0 aromatic heterocycles. The van der Waals surface area contributed by atoms with Gasteiger partial charge in [0.15, 0.2) is 0 Å². The highest BCUT2D eigenvalue weighted by molar-refractivity contribution is 5.26. The molecule has 0 aliphatic rings. The number of hydrogen-bond acceptors (Lipinski definition) is 2. The summed E-state index contributed by atoms with van der Waals surface area (Å²) < 4.78 is 5.79. The van der Waals surface area contributed by atoms with Crippen molar-refractivity contribution in [2.45, 2.75) is 53.2 Å². The van der Waals surface area contributed by atoms with Crippen molar-refractivity contribution in [3.63, 3.8) is 0 Å². The Kier molecular flexibility index (Phi) is 8.52. The third-order valence-electron chi connectivity index (χ3n) is 3.19. The zero-order valence-electron chi connectivity index (χ0n) is 12.7. The van der Waals surface area contributed by atoms with Crippen LogP contribution in [0.1, 0.15) is 51.2 Å². The Morgan fingerprint density at radius 3 is 2.58 bits per heavy atom. The van der Waals surface area contributed by atoms with Crippen molar-refractivity contribution in [3.05, 3.63) is 35.4 Å². The molecule has 19 heavy (non-hydrogen) atoms. The van der Waals surface area contributed by atoms with Gasteiger partial charge in [-0.3, -0.25) is 0 Å². The second-order valence-electron chi connectivity index (χ2n) is 5.53. The highest BCUT2D eigenvalue weighted by atomic mass is 16.5. The summed E-state index contributed by atoms with van der Waals surface area (Å²) in [4.78, 5) is 0. The maximum Gasteiger partial charge on any atom is 0.0720 e. The molecular formula is C17H29NO. The molecule has 1 aromatic carbocycles. The molecule has 2 nitrogen and oxygen atoms in total. The second kappa shape index (κ2) is 9.99. The van der Waals surface area contributed by atoms with E-state index in [1.165, 1.54) is 24.0 Å². The van der Waals surface area contributed by atoms with Gasteiger partial charge in [0, 0.05) is 13.2 Å². The molecule has 0 bridgehead atoms. The Bertz CT molecular complexity index is 336. The van der Waals surface area contributed by atoms with E-state index in [2.05, 4.69) is 50.4 Å². The van der Waals surface area contributed by atoms with E-state index >= 15 is 0 Å². The Balaban J connectivity index is 2.31. The fourth-order valence-corrected chi connectivity index (χ4v) is 2.05. The number of nitrogens with one attached hydrogen (secondary N) is 1. The Hall–Kier alpha value is -0.860. The van der Waals surface area contributed by atoms with Gasteiger partial charge in [-0.15, -0.1) is 0 Å². The summed E-state index contributed by atoms with van der Waals surface area (Å²) in [6.45, 7) is 10.3. The van der Waals surface area contributed by atoms with E-state index in [1.807, 2.05) is 0 Å². The minimum atomic E-state index is 0.738. The lowest BCUT2D eigenvalue weighted by Crippen LogP contribution is -2.15. The summed E-state index contributed by atoms with van der Waals surface area (Å²) in [5.74, 6) is 0.772. The van der Waals surface area contributed by atoms with Crippen LogP contribution in [0.5, 0.6) is 0 Å². The molecule has 0 heterocycles. The van der Waals surface area contributed by atoms with Crippen molar-refractivity contribution in [2.24, 2.45) is 5.92 Å². The van der Waals surface area contributed by atoms with Gasteiger partial charge in [0.2, 0.25) is 0 Å². The lowest BCUT2D eigenvalue weighted by molar-refractivity contribution is 0.114. The minimum absolute atomic E-state index is 0.738. The molecule has 0 aliphatic heterocycles. The van der Waals surface area contributed by atoms with Gasteiger partial charge in [-0.2, -0.15) is 0 Å². The van der Waals surface area contributed by atoms with E-state index in [1.54, 1.807) is 0 Å². The van der Waals surface area contributed by atoms with Crippen molar-refractivity contribution < 1.29 is 4.74 Å². The van der Waals surface area contributed by atoms with Gasteiger partial charge >= 0.3 is 0 Å². The molecule has 0 atom stereocenters. The molecule has 2 heteroatoms. The van der Waals surface area contributed by atoms with Crippen LogP contribution in [0.3, 0.4) is 0 Å². The van der Waals surface area contributed by atoms with E-state index < -0.39 is 0 Å². The van der Waals surface area contributed by atoms with Crippen LogP contribution in [0.2, 0.25) is 0 Å². The summed E-state index contributed by atoms with van der Waals surface area (Å²) in [7, 11) is 0. The summed E-state index contributed by atoms with van der Waals surface area (Å²) in [5.41, 5.74) is 2.68. The normalized spacial score (nSPS) is 11.2. The molecule has 1 N–H and O–H groups in total. The van der Waals surface area contributed by atoms with Crippen LogP contribution in [0, 0.1) is 5.92 Å². The first-order valence-electron chi connectivity index (χ1n) is 7.59. The van der Waals surface area contributed by atoms with Gasteiger partial charge in [-0.1, -0.05) is 45.0 Å². The van der Waals surface area contributed by atoms with Crippen molar-refractivity contribution in [3.8, 4) is 0 Å². The first-order valence-corrected chi connectivity index (χ1v) is 7.59. The number of hydrogen-bond donors (Lipinski definition) is 1. The summed E-state index contributed by atoms with van der Waals surface area (Å²) in [5, 5.41) is 3.45. The molecular weight excluding hydrogens is 234 g/mol. The predicted octanol–water partition coefficient (Wildman–Crippen LogP) is 4.14. The number of ether oxygens (including phenoxy) is 1. The first kappa shape index (κ1) is 16.2. The van der Waals surface area contributed by atoms with Crippen molar-refractivity contribution in [1.82, 2.24) is 5.32 Å². The minimum Gasteiger partial charge on any atom is -0.377 e. The van der Waals surface area contributed by atoms with Gasteiger partial charge in [0.1, 0.15) is 0 Å².